The normalized spacial score (nSPS) is 11.0. The average Bonchev–Trinajstić information content (AvgIpc) is 3.28. The molecule has 2 aromatic carbocycles. The first-order valence-electron chi connectivity index (χ1n) is 7.78. The van der Waals surface area contributed by atoms with E-state index >= 15 is 0 Å². The summed E-state index contributed by atoms with van der Waals surface area (Å²) in [5, 5.41) is 13.0. The van der Waals surface area contributed by atoms with Crippen molar-refractivity contribution >= 4 is 23.4 Å². The Hall–Kier alpha value is -2.91. The van der Waals surface area contributed by atoms with E-state index in [0.29, 0.717) is 27.6 Å². The summed E-state index contributed by atoms with van der Waals surface area (Å²) in [4.78, 5) is 4.33. The lowest BCUT2D eigenvalue weighted by Crippen LogP contribution is -2.12. The van der Waals surface area contributed by atoms with Crippen LogP contribution in [0.5, 0.6) is 0 Å². The zero-order chi connectivity index (χ0) is 18.8. The van der Waals surface area contributed by atoms with Crippen LogP contribution in [0.4, 0.5) is 4.39 Å². The van der Waals surface area contributed by atoms with Gasteiger partial charge in [-0.15, -0.1) is 10.2 Å². The van der Waals surface area contributed by atoms with Crippen LogP contribution < -0.4 is 5.84 Å². The van der Waals surface area contributed by atoms with Gasteiger partial charge in [0.2, 0.25) is 16.9 Å². The molecule has 7 nitrogen and oxygen atoms in total. The predicted octanol–water partition coefficient (Wildman–Crippen LogP) is 3.79. The van der Waals surface area contributed by atoms with Crippen molar-refractivity contribution in [2.24, 2.45) is 0 Å². The minimum absolute atomic E-state index is 0.239. The zero-order valence-corrected chi connectivity index (χ0v) is 15.3. The van der Waals surface area contributed by atoms with E-state index in [0.717, 1.165) is 5.56 Å². The van der Waals surface area contributed by atoms with Gasteiger partial charge >= 0.3 is 0 Å². The second-order valence-electron chi connectivity index (χ2n) is 5.46. The first-order chi connectivity index (χ1) is 13.1. The monoisotopic (exact) mass is 402 g/mol. The molecule has 27 heavy (non-hydrogen) atoms. The largest absolute Gasteiger partial charge is 0.338 e. The van der Waals surface area contributed by atoms with E-state index in [1.165, 1.54) is 22.5 Å². The smallest absolute Gasteiger partial charge is 0.237 e. The average molecular weight is 403 g/mol. The van der Waals surface area contributed by atoms with Crippen molar-refractivity contribution < 1.29 is 8.91 Å². The number of rotatable bonds is 5. The Balaban J connectivity index is 1.49. The lowest BCUT2D eigenvalue weighted by Gasteiger charge is -2.03. The van der Waals surface area contributed by atoms with Crippen molar-refractivity contribution in [3.05, 3.63) is 65.3 Å². The van der Waals surface area contributed by atoms with Gasteiger partial charge in [-0.3, -0.25) is 0 Å². The highest BCUT2D eigenvalue weighted by Crippen LogP contribution is 2.26. The molecule has 0 saturated heterocycles. The molecule has 0 spiro atoms. The molecule has 4 aromatic rings. The lowest BCUT2D eigenvalue weighted by atomic mass is 10.2. The fourth-order valence-corrected chi connectivity index (χ4v) is 3.18. The highest BCUT2D eigenvalue weighted by atomic mass is 35.5. The third kappa shape index (κ3) is 3.64. The Labute approximate surface area is 162 Å². The number of halogens is 2. The molecule has 2 heterocycles. The Bertz CT molecular complexity index is 1080. The Kier molecular flexibility index (Phi) is 4.78. The molecule has 0 aliphatic carbocycles. The van der Waals surface area contributed by atoms with Crippen LogP contribution in [0, 0.1) is 5.82 Å². The van der Waals surface area contributed by atoms with Crippen LogP contribution in [0.2, 0.25) is 5.02 Å². The van der Waals surface area contributed by atoms with Crippen LogP contribution >= 0.6 is 23.4 Å². The number of hydrogen-bond acceptors (Lipinski definition) is 7. The molecule has 0 fully saturated rings. The van der Waals surface area contributed by atoms with Crippen LogP contribution in [-0.4, -0.2) is 25.0 Å². The van der Waals surface area contributed by atoms with Gasteiger partial charge in [-0.1, -0.05) is 40.7 Å². The van der Waals surface area contributed by atoms with E-state index in [-0.39, 0.29) is 11.4 Å². The predicted molar refractivity (Wildman–Crippen MR) is 99.9 cm³/mol. The van der Waals surface area contributed by atoms with E-state index in [2.05, 4.69) is 20.3 Å². The second kappa shape index (κ2) is 7.37. The van der Waals surface area contributed by atoms with Crippen molar-refractivity contribution in [3.8, 4) is 22.8 Å². The van der Waals surface area contributed by atoms with Gasteiger partial charge in [-0.25, -0.2) is 9.07 Å². The minimum Gasteiger partial charge on any atom is -0.338 e. The summed E-state index contributed by atoms with van der Waals surface area (Å²) in [6.45, 7) is 0. The van der Waals surface area contributed by atoms with Gasteiger partial charge in [0.1, 0.15) is 5.82 Å². The number of thioether (sulfide) groups is 1. The van der Waals surface area contributed by atoms with Crippen molar-refractivity contribution in [3.63, 3.8) is 0 Å². The number of hydrogen-bond donors (Lipinski definition) is 1. The second-order valence-corrected chi connectivity index (χ2v) is 6.84. The van der Waals surface area contributed by atoms with Gasteiger partial charge in [0.25, 0.3) is 0 Å². The first-order valence-corrected chi connectivity index (χ1v) is 9.15. The standard InChI is InChI=1S/C17H12ClFN6OS/c18-11-7-5-10(6-8-11)15-21-14(26-24-15)9-27-17-23-22-16(25(17)20)12-3-1-2-4-13(12)19/h1-8H,9,20H2. The molecule has 0 saturated carbocycles. The maximum absolute atomic E-state index is 13.9. The molecule has 0 radical (unpaired) electrons. The molecule has 4 rings (SSSR count). The summed E-state index contributed by atoms with van der Waals surface area (Å²) in [5.41, 5.74) is 1.07. The Morgan fingerprint density at radius 3 is 2.67 bits per heavy atom. The topological polar surface area (TPSA) is 95.7 Å². The summed E-state index contributed by atoms with van der Waals surface area (Å²) < 4.78 is 20.4. The number of aromatic nitrogens is 5. The molecular formula is C17H12ClFN6OS. The fraction of sp³-hybridized carbons (Fsp3) is 0.0588. The number of nitrogens with zero attached hydrogens (tertiary/aromatic N) is 5. The molecule has 0 aliphatic rings. The molecule has 2 N–H and O–H groups in total. The van der Waals surface area contributed by atoms with Gasteiger partial charge in [-0.2, -0.15) is 4.98 Å². The zero-order valence-electron chi connectivity index (χ0n) is 13.7. The Morgan fingerprint density at radius 1 is 1.11 bits per heavy atom. The van der Waals surface area contributed by atoms with E-state index in [1.54, 1.807) is 42.5 Å². The van der Waals surface area contributed by atoms with Gasteiger partial charge in [0.15, 0.2) is 5.82 Å². The lowest BCUT2D eigenvalue weighted by molar-refractivity contribution is 0.391. The van der Waals surface area contributed by atoms with E-state index in [9.17, 15) is 4.39 Å². The molecule has 0 bridgehead atoms. The molecule has 136 valence electrons. The van der Waals surface area contributed by atoms with Crippen molar-refractivity contribution in [1.82, 2.24) is 25.0 Å². The molecular weight excluding hydrogens is 391 g/mol. The summed E-state index contributed by atoms with van der Waals surface area (Å²) in [6.07, 6.45) is 0. The maximum Gasteiger partial charge on any atom is 0.237 e. The molecule has 0 atom stereocenters. The van der Waals surface area contributed by atoms with Crippen LogP contribution in [0.15, 0.2) is 58.2 Å². The van der Waals surface area contributed by atoms with Crippen LogP contribution in [0.1, 0.15) is 5.89 Å². The molecule has 0 aliphatic heterocycles. The SMILES string of the molecule is Nn1c(SCc2nc(-c3ccc(Cl)cc3)no2)nnc1-c1ccccc1F. The number of nitrogen functional groups attached to an aromatic ring is 1. The van der Waals surface area contributed by atoms with E-state index in [4.69, 9.17) is 22.0 Å². The first kappa shape index (κ1) is 17.5. The van der Waals surface area contributed by atoms with Crippen LogP contribution in [0.3, 0.4) is 0 Å². The number of benzene rings is 2. The van der Waals surface area contributed by atoms with Crippen molar-refractivity contribution in [2.45, 2.75) is 10.9 Å². The summed E-state index contributed by atoms with van der Waals surface area (Å²) in [6, 6.07) is 13.4. The summed E-state index contributed by atoms with van der Waals surface area (Å²) >= 11 is 7.13. The van der Waals surface area contributed by atoms with E-state index < -0.39 is 5.82 Å². The minimum atomic E-state index is -0.419. The molecule has 0 amide bonds. The summed E-state index contributed by atoms with van der Waals surface area (Å²) in [5.74, 6) is 7.03. The van der Waals surface area contributed by atoms with Crippen LogP contribution in [0.25, 0.3) is 22.8 Å². The summed E-state index contributed by atoms with van der Waals surface area (Å²) in [7, 11) is 0. The van der Waals surface area contributed by atoms with E-state index in [1.807, 2.05) is 0 Å². The van der Waals surface area contributed by atoms with Gasteiger partial charge in [0, 0.05) is 10.6 Å². The van der Waals surface area contributed by atoms with Crippen molar-refractivity contribution in [1.29, 1.82) is 0 Å². The maximum atomic E-state index is 13.9. The molecule has 10 heteroatoms. The fourth-order valence-electron chi connectivity index (χ4n) is 2.36. The molecule has 2 aromatic heterocycles. The van der Waals surface area contributed by atoms with Gasteiger partial charge in [-0.05, 0) is 36.4 Å². The van der Waals surface area contributed by atoms with Gasteiger partial charge < -0.3 is 10.4 Å². The third-order valence-electron chi connectivity index (χ3n) is 3.67. The quantitative estimate of drug-likeness (QED) is 0.400. The molecule has 0 unspecified atom stereocenters. The highest BCUT2D eigenvalue weighted by molar-refractivity contribution is 7.98. The highest BCUT2D eigenvalue weighted by Gasteiger charge is 2.16. The number of nitrogens with two attached hydrogens (primary N) is 1. The van der Waals surface area contributed by atoms with Crippen molar-refractivity contribution in [2.75, 3.05) is 5.84 Å². The van der Waals surface area contributed by atoms with Gasteiger partial charge in [0.05, 0.1) is 11.3 Å². The third-order valence-corrected chi connectivity index (χ3v) is 4.85. The Morgan fingerprint density at radius 2 is 1.89 bits per heavy atom. The van der Waals surface area contributed by atoms with Crippen LogP contribution in [-0.2, 0) is 5.75 Å².